The highest BCUT2D eigenvalue weighted by molar-refractivity contribution is 7.99. The van der Waals surface area contributed by atoms with Crippen molar-refractivity contribution in [1.29, 1.82) is 0 Å². The molecule has 0 saturated heterocycles. The van der Waals surface area contributed by atoms with Crippen LogP contribution in [0, 0.1) is 6.92 Å². The van der Waals surface area contributed by atoms with Gasteiger partial charge in [0.25, 0.3) is 5.91 Å². The van der Waals surface area contributed by atoms with Gasteiger partial charge >= 0.3 is 5.97 Å². The number of rotatable bonds is 9. The van der Waals surface area contributed by atoms with Gasteiger partial charge in [-0.3, -0.25) is 9.59 Å². The molecule has 0 atom stereocenters. The van der Waals surface area contributed by atoms with Crippen LogP contribution in [0.4, 0.5) is 5.69 Å². The van der Waals surface area contributed by atoms with Crippen LogP contribution >= 0.6 is 11.8 Å². The Morgan fingerprint density at radius 3 is 2.52 bits per heavy atom. The molecule has 0 radical (unpaired) electrons. The van der Waals surface area contributed by atoms with Crippen molar-refractivity contribution in [2.24, 2.45) is 0 Å². The maximum atomic E-state index is 12.4. The van der Waals surface area contributed by atoms with Crippen LogP contribution < -0.4 is 10.6 Å². The highest BCUT2D eigenvalue weighted by Gasteiger charge is 2.15. The first kappa shape index (κ1) is 24.0. The molecule has 0 saturated carbocycles. The number of amides is 2. The molecule has 172 valence electrons. The Kier molecular flexibility index (Phi) is 8.20. The summed E-state index contributed by atoms with van der Waals surface area (Å²) in [5.74, 6) is -0.202. The number of benzene rings is 2. The Balaban J connectivity index is 1.56. The van der Waals surface area contributed by atoms with E-state index in [2.05, 4.69) is 20.8 Å². The van der Waals surface area contributed by atoms with Crippen LogP contribution in [0.2, 0.25) is 0 Å². The molecule has 33 heavy (non-hydrogen) atoms. The molecule has 3 aromatic rings. The summed E-state index contributed by atoms with van der Waals surface area (Å²) in [7, 11) is 1.30. The number of nitrogens with zero attached hydrogens (tertiary/aromatic N) is 3. The molecule has 0 fully saturated rings. The van der Waals surface area contributed by atoms with Crippen LogP contribution in [0.1, 0.15) is 39.0 Å². The first-order valence-electron chi connectivity index (χ1n) is 10.3. The fraction of sp³-hybridized carbons (Fsp3) is 0.261. The largest absolute Gasteiger partial charge is 0.465 e. The first-order valence-corrected chi connectivity index (χ1v) is 11.3. The number of carbonyl (C=O) groups is 3. The van der Waals surface area contributed by atoms with Gasteiger partial charge in [0.15, 0.2) is 11.0 Å². The second-order valence-electron chi connectivity index (χ2n) is 7.10. The molecule has 0 unspecified atom stereocenters. The van der Waals surface area contributed by atoms with E-state index in [1.807, 2.05) is 30.5 Å². The third-order valence-electron chi connectivity index (χ3n) is 4.73. The van der Waals surface area contributed by atoms with Crippen LogP contribution in [-0.2, 0) is 22.6 Å². The molecule has 3 rings (SSSR count). The summed E-state index contributed by atoms with van der Waals surface area (Å²) in [5.41, 5.74) is 2.51. The zero-order valence-corrected chi connectivity index (χ0v) is 19.4. The molecule has 0 aliphatic heterocycles. The number of aryl methyl sites for hydroxylation is 1. The van der Waals surface area contributed by atoms with Crippen molar-refractivity contribution in [2.75, 3.05) is 18.2 Å². The SMILES string of the molecule is CCn1c(CNC(=O)c2ccc(C)cc2)nnc1SCC(=O)Nc1cccc(C(=O)OC)c1. The van der Waals surface area contributed by atoms with Crippen LogP contribution in [0.3, 0.4) is 0 Å². The highest BCUT2D eigenvalue weighted by Crippen LogP contribution is 2.18. The molecule has 2 aromatic carbocycles. The average molecular weight is 468 g/mol. The summed E-state index contributed by atoms with van der Waals surface area (Å²) in [6.45, 7) is 4.72. The molecule has 9 nitrogen and oxygen atoms in total. The van der Waals surface area contributed by atoms with Crippen molar-refractivity contribution in [1.82, 2.24) is 20.1 Å². The zero-order valence-electron chi connectivity index (χ0n) is 18.6. The Labute approximate surface area is 195 Å². The number of nitrogens with one attached hydrogen (secondary N) is 2. The predicted octanol–water partition coefficient (Wildman–Crippen LogP) is 3.05. The van der Waals surface area contributed by atoms with E-state index in [-0.39, 0.29) is 24.1 Å². The molecule has 1 aromatic heterocycles. The lowest BCUT2D eigenvalue weighted by Gasteiger charge is -2.09. The van der Waals surface area contributed by atoms with Crippen molar-refractivity contribution in [3.8, 4) is 0 Å². The number of methoxy groups -OCH3 is 1. The topological polar surface area (TPSA) is 115 Å². The second-order valence-corrected chi connectivity index (χ2v) is 8.04. The van der Waals surface area contributed by atoms with Gasteiger partial charge in [-0.05, 0) is 44.2 Å². The van der Waals surface area contributed by atoms with Gasteiger partial charge in [-0.25, -0.2) is 4.79 Å². The minimum Gasteiger partial charge on any atom is -0.465 e. The molecular weight excluding hydrogens is 442 g/mol. The molecule has 0 aliphatic rings. The smallest absolute Gasteiger partial charge is 0.337 e. The first-order chi connectivity index (χ1) is 15.9. The quantitative estimate of drug-likeness (QED) is 0.367. The summed E-state index contributed by atoms with van der Waals surface area (Å²) in [4.78, 5) is 36.4. The number of thioether (sulfide) groups is 1. The Morgan fingerprint density at radius 2 is 1.82 bits per heavy atom. The number of hydrogen-bond donors (Lipinski definition) is 2. The van der Waals surface area contributed by atoms with Gasteiger partial charge in [0.05, 0.1) is 25.0 Å². The average Bonchev–Trinajstić information content (AvgIpc) is 3.23. The maximum Gasteiger partial charge on any atom is 0.337 e. The van der Waals surface area contributed by atoms with Crippen LogP contribution in [0.15, 0.2) is 53.7 Å². The third kappa shape index (κ3) is 6.42. The van der Waals surface area contributed by atoms with Gasteiger partial charge in [0, 0.05) is 17.8 Å². The van der Waals surface area contributed by atoms with E-state index < -0.39 is 5.97 Å². The van der Waals surface area contributed by atoms with Crippen LogP contribution in [-0.4, -0.2) is 45.4 Å². The van der Waals surface area contributed by atoms with E-state index >= 15 is 0 Å². The lowest BCUT2D eigenvalue weighted by atomic mass is 10.1. The second kappa shape index (κ2) is 11.3. The van der Waals surface area contributed by atoms with E-state index in [0.29, 0.717) is 34.3 Å². The van der Waals surface area contributed by atoms with Crippen LogP contribution in [0.25, 0.3) is 0 Å². The van der Waals surface area contributed by atoms with Crippen molar-refractivity contribution in [2.45, 2.75) is 32.1 Å². The molecular formula is C23H25N5O4S. The minimum absolute atomic E-state index is 0.107. The summed E-state index contributed by atoms with van der Waals surface area (Å²) in [6, 6.07) is 13.8. The Hall–Kier alpha value is -3.66. The summed E-state index contributed by atoms with van der Waals surface area (Å²) < 4.78 is 6.55. The number of ether oxygens (including phenoxy) is 1. The van der Waals surface area contributed by atoms with Gasteiger partial charge in [-0.15, -0.1) is 10.2 Å². The van der Waals surface area contributed by atoms with E-state index in [4.69, 9.17) is 4.74 Å². The number of carbonyl (C=O) groups excluding carboxylic acids is 3. The van der Waals surface area contributed by atoms with Crippen molar-refractivity contribution in [3.63, 3.8) is 0 Å². The van der Waals surface area contributed by atoms with Gasteiger partial charge < -0.3 is 19.9 Å². The van der Waals surface area contributed by atoms with Crippen LogP contribution in [0.5, 0.6) is 0 Å². The van der Waals surface area contributed by atoms with Gasteiger partial charge in [0.2, 0.25) is 5.91 Å². The lowest BCUT2D eigenvalue weighted by Crippen LogP contribution is -2.24. The zero-order chi connectivity index (χ0) is 23.8. The van der Waals surface area contributed by atoms with E-state index in [1.54, 1.807) is 36.4 Å². The normalized spacial score (nSPS) is 10.5. The lowest BCUT2D eigenvalue weighted by molar-refractivity contribution is -0.113. The molecule has 0 spiro atoms. The maximum absolute atomic E-state index is 12.4. The monoisotopic (exact) mass is 467 g/mol. The summed E-state index contributed by atoms with van der Waals surface area (Å²) in [5, 5.41) is 14.5. The van der Waals surface area contributed by atoms with Gasteiger partial charge in [0.1, 0.15) is 0 Å². The molecule has 1 heterocycles. The fourth-order valence-electron chi connectivity index (χ4n) is 3.01. The molecule has 0 aliphatic carbocycles. The predicted molar refractivity (Wildman–Crippen MR) is 125 cm³/mol. The van der Waals surface area contributed by atoms with E-state index in [9.17, 15) is 14.4 Å². The van der Waals surface area contributed by atoms with Crippen molar-refractivity contribution >= 4 is 35.2 Å². The van der Waals surface area contributed by atoms with E-state index in [0.717, 1.165) is 5.56 Å². The molecule has 2 N–H and O–H groups in total. The number of esters is 1. The molecule has 10 heteroatoms. The summed E-state index contributed by atoms with van der Waals surface area (Å²) in [6.07, 6.45) is 0. The fourth-order valence-corrected chi connectivity index (χ4v) is 3.83. The van der Waals surface area contributed by atoms with E-state index in [1.165, 1.54) is 18.9 Å². The highest BCUT2D eigenvalue weighted by atomic mass is 32.2. The number of aromatic nitrogens is 3. The third-order valence-corrected chi connectivity index (χ3v) is 5.70. The van der Waals surface area contributed by atoms with Gasteiger partial charge in [-0.1, -0.05) is 35.5 Å². The standard InChI is InChI=1S/C23H25N5O4S/c1-4-28-19(13-24-21(30)16-10-8-15(2)9-11-16)26-27-23(28)33-14-20(29)25-18-7-5-6-17(12-18)22(31)32-3/h5-12H,4,13-14H2,1-3H3,(H,24,30)(H,25,29). The minimum atomic E-state index is -0.474. The van der Waals surface area contributed by atoms with Gasteiger partial charge in [-0.2, -0.15) is 0 Å². The van der Waals surface area contributed by atoms with Crippen molar-refractivity contribution < 1.29 is 19.1 Å². The number of hydrogen-bond acceptors (Lipinski definition) is 7. The Morgan fingerprint density at radius 1 is 1.06 bits per heavy atom. The number of anilines is 1. The molecule has 0 bridgehead atoms. The molecule has 2 amide bonds. The van der Waals surface area contributed by atoms with Crippen molar-refractivity contribution in [3.05, 3.63) is 71.0 Å². The summed E-state index contributed by atoms with van der Waals surface area (Å²) >= 11 is 1.24. The Bertz CT molecular complexity index is 1140.